The first-order chi connectivity index (χ1) is 5.66. The molecular weight excluding hydrogens is 168 g/mol. The Morgan fingerprint density at radius 1 is 1.75 bits per heavy atom. The molecule has 0 aliphatic carbocycles. The van der Waals surface area contributed by atoms with E-state index in [0.29, 0.717) is 0 Å². The highest BCUT2D eigenvalue weighted by Crippen LogP contribution is 2.19. The van der Waals surface area contributed by atoms with E-state index in [1.54, 1.807) is 0 Å². The molecule has 0 aromatic carbocycles. The number of hydrogen-bond acceptors (Lipinski definition) is 2. The molecule has 1 heterocycles. The van der Waals surface area contributed by atoms with Gasteiger partial charge in [0.1, 0.15) is 5.69 Å². The maximum Gasteiger partial charge on any atom is 0.280 e. The Morgan fingerprint density at radius 3 is 2.92 bits per heavy atom. The molecule has 0 saturated heterocycles. The minimum absolute atomic E-state index is 0.118. The van der Waals surface area contributed by atoms with Crippen LogP contribution in [0, 0.1) is 0 Å². The van der Waals surface area contributed by atoms with Crippen molar-refractivity contribution < 1.29 is 13.6 Å². The second kappa shape index (κ2) is 3.29. The normalized spacial score (nSPS) is 10.3. The van der Waals surface area contributed by atoms with Gasteiger partial charge in [0.2, 0.25) is 0 Å². The lowest BCUT2D eigenvalue weighted by Crippen LogP contribution is -2.18. The van der Waals surface area contributed by atoms with Gasteiger partial charge in [-0.1, -0.05) is 0 Å². The molecule has 0 radical (unpaired) electrons. The number of halogens is 2. The summed E-state index contributed by atoms with van der Waals surface area (Å²) in [6.07, 6.45) is -1.64. The Bertz CT molecular complexity index is 284. The topological polar surface area (TPSA) is 57.8 Å². The number of carbonyl (C=O) groups is 1. The van der Waals surface area contributed by atoms with Crippen LogP contribution in [0.3, 0.4) is 0 Å². The summed E-state index contributed by atoms with van der Waals surface area (Å²) in [7, 11) is 1.37. The maximum atomic E-state index is 12.1. The summed E-state index contributed by atoms with van der Waals surface area (Å²) in [5.41, 5.74) is -0.568. The molecule has 1 aromatic heterocycles. The summed E-state index contributed by atoms with van der Waals surface area (Å²) >= 11 is 0. The highest BCUT2D eigenvalue weighted by molar-refractivity contribution is 5.94. The standard InChI is InChI=1S/C6H7F2N3O/c1-9-6(12)3-2-10-11-4(3)5(7)8/h2,5H,1H3,(H,9,12)(H,10,11). The number of aromatic nitrogens is 2. The number of nitrogens with zero attached hydrogens (tertiary/aromatic N) is 1. The minimum atomic E-state index is -2.71. The molecule has 0 aliphatic heterocycles. The number of carbonyl (C=O) groups excluding carboxylic acids is 1. The molecule has 66 valence electrons. The molecule has 0 bridgehead atoms. The summed E-state index contributed by atoms with van der Waals surface area (Å²) in [5.74, 6) is -0.570. The van der Waals surface area contributed by atoms with Gasteiger partial charge in [0.05, 0.1) is 11.8 Å². The minimum Gasteiger partial charge on any atom is -0.355 e. The van der Waals surface area contributed by atoms with Crippen LogP contribution in [0.25, 0.3) is 0 Å². The van der Waals surface area contributed by atoms with Crippen molar-refractivity contribution in [3.63, 3.8) is 0 Å². The molecule has 1 amide bonds. The van der Waals surface area contributed by atoms with Crippen molar-refractivity contribution in [2.24, 2.45) is 0 Å². The Labute approximate surface area is 67.0 Å². The number of alkyl halides is 2. The highest BCUT2D eigenvalue weighted by Gasteiger charge is 2.19. The van der Waals surface area contributed by atoms with Crippen LogP contribution in [0.4, 0.5) is 8.78 Å². The van der Waals surface area contributed by atoms with Crippen LogP contribution in [-0.4, -0.2) is 23.2 Å². The summed E-state index contributed by atoms with van der Waals surface area (Å²) < 4.78 is 24.2. The summed E-state index contributed by atoms with van der Waals surface area (Å²) in [4.78, 5) is 10.9. The molecule has 0 spiro atoms. The third-order valence-electron chi connectivity index (χ3n) is 1.36. The van der Waals surface area contributed by atoms with Gasteiger partial charge in [0.25, 0.3) is 12.3 Å². The van der Waals surface area contributed by atoms with Gasteiger partial charge >= 0.3 is 0 Å². The molecule has 2 N–H and O–H groups in total. The van der Waals surface area contributed by atoms with Crippen LogP contribution in [0.5, 0.6) is 0 Å². The lowest BCUT2D eigenvalue weighted by Gasteiger charge is -1.98. The van der Waals surface area contributed by atoms with Crippen molar-refractivity contribution in [3.8, 4) is 0 Å². The third kappa shape index (κ3) is 1.41. The van der Waals surface area contributed by atoms with Crippen molar-refractivity contribution in [1.82, 2.24) is 15.5 Å². The van der Waals surface area contributed by atoms with Crippen LogP contribution >= 0.6 is 0 Å². The van der Waals surface area contributed by atoms with E-state index in [1.807, 2.05) is 0 Å². The summed E-state index contributed by atoms with van der Waals surface area (Å²) in [6, 6.07) is 0. The van der Waals surface area contributed by atoms with Crippen molar-refractivity contribution in [3.05, 3.63) is 17.5 Å². The van der Waals surface area contributed by atoms with Crippen molar-refractivity contribution in [2.45, 2.75) is 6.43 Å². The molecule has 1 rings (SSSR count). The zero-order valence-electron chi connectivity index (χ0n) is 6.27. The van der Waals surface area contributed by atoms with E-state index in [4.69, 9.17) is 0 Å². The van der Waals surface area contributed by atoms with Gasteiger partial charge < -0.3 is 5.32 Å². The predicted octanol–water partition coefficient (Wildman–Crippen LogP) is 0.707. The van der Waals surface area contributed by atoms with E-state index in [-0.39, 0.29) is 5.56 Å². The Kier molecular flexibility index (Phi) is 2.37. The van der Waals surface area contributed by atoms with Crippen molar-refractivity contribution >= 4 is 5.91 Å². The number of H-pyrrole nitrogens is 1. The smallest absolute Gasteiger partial charge is 0.280 e. The van der Waals surface area contributed by atoms with Gasteiger partial charge in [0.15, 0.2) is 0 Å². The molecule has 0 unspecified atom stereocenters. The number of amides is 1. The number of rotatable bonds is 2. The first kappa shape index (κ1) is 8.63. The molecule has 6 heteroatoms. The predicted molar refractivity (Wildman–Crippen MR) is 36.9 cm³/mol. The monoisotopic (exact) mass is 175 g/mol. The Morgan fingerprint density at radius 2 is 2.42 bits per heavy atom. The number of hydrogen-bond donors (Lipinski definition) is 2. The molecular formula is C6H7F2N3O. The maximum absolute atomic E-state index is 12.1. The molecule has 0 fully saturated rings. The van der Waals surface area contributed by atoms with E-state index < -0.39 is 18.0 Å². The second-order valence-corrected chi connectivity index (χ2v) is 2.08. The van der Waals surface area contributed by atoms with Gasteiger partial charge in [0, 0.05) is 7.05 Å². The summed E-state index contributed by atoms with van der Waals surface area (Å²) in [6.45, 7) is 0. The van der Waals surface area contributed by atoms with Gasteiger partial charge in [-0.05, 0) is 0 Å². The number of nitrogens with one attached hydrogen (secondary N) is 2. The molecule has 4 nitrogen and oxygen atoms in total. The molecule has 12 heavy (non-hydrogen) atoms. The number of aromatic amines is 1. The zero-order valence-corrected chi connectivity index (χ0v) is 6.27. The lowest BCUT2D eigenvalue weighted by atomic mass is 10.2. The zero-order chi connectivity index (χ0) is 9.14. The van der Waals surface area contributed by atoms with E-state index in [1.165, 1.54) is 7.05 Å². The SMILES string of the molecule is CNC(=O)c1cn[nH]c1C(F)F. The van der Waals surface area contributed by atoms with Crippen LogP contribution in [0.15, 0.2) is 6.20 Å². The summed E-state index contributed by atoms with van der Waals surface area (Å²) in [5, 5.41) is 7.64. The Balaban J connectivity index is 2.99. The first-order valence-electron chi connectivity index (χ1n) is 3.20. The molecule has 0 aliphatic rings. The van der Waals surface area contributed by atoms with Crippen LogP contribution in [-0.2, 0) is 0 Å². The fraction of sp³-hybridized carbons (Fsp3) is 0.333. The average Bonchev–Trinajstić information content (AvgIpc) is 2.50. The van der Waals surface area contributed by atoms with Crippen LogP contribution < -0.4 is 5.32 Å². The van der Waals surface area contributed by atoms with Crippen molar-refractivity contribution in [1.29, 1.82) is 0 Å². The molecule has 0 saturated carbocycles. The van der Waals surface area contributed by atoms with E-state index in [0.717, 1.165) is 6.20 Å². The van der Waals surface area contributed by atoms with Gasteiger partial charge in [-0.2, -0.15) is 5.10 Å². The second-order valence-electron chi connectivity index (χ2n) is 2.08. The third-order valence-corrected chi connectivity index (χ3v) is 1.36. The van der Waals surface area contributed by atoms with Crippen molar-refractivity contribution in [2.75, 3.05) is 7.05 Å². The lowest BCUT2D eigenvalue weighted by molar-refractivity contribution is 0.0948. The average molecular weight is 175 g/mol. The largest absolute Gasteiger partial charge is 0.355 e. The first-order valence-corrected chi connectivity index (χ1v) is 3.20. The van der Waals surface area contributed by atoms with E-state index in [9.17, 15) is 13.6 Å². The molecule has 1 aromatic rings. The Hall–Kier alpha value is -1.46. The van der Waals surface area contributed by atoms with Gasteiger partial charge in [-0.15, -0.1) is 0 Å². The van der Waals surface area contributed by atoms with Gasteiger partial charge in [-0.3, -0.25) is 9.89 Å². The fourth-order valence-corrected chi connectivity index (χ4v) is 0.778. The quantitative estimate of drug-likeness (QED) is 0.695. The highest BCUT2D eigenvalue weighted by atomic mass is 19.3. The van der Waals surface area contributed by atoms with Crippen LogP contribution in [0.1, 0.15) is 22.5 Å². The fourth-order valence-electron chi connectivity index (χ4n) is 0.778. The van der Waals surface area contributed by atoms with Crippen LogP contribution in [0.2, 0.25) is 0 Å². The van der Waals surface area contributed by atoms with E-state index in [2.05, 4.69) is 15.5 Å². The molecule has 0 atom stereocenters. The van der Waals surface area contributed by atoms with E-state index >= 15 is 0 Å². The van der Waals surface area contributed by atoms with Gasteiger partial charge in [-0.25, -0.2) is 8.78 Å².